The van der Waals surface area contributed by atoms with Gasteiger partial charge in [0.25, 0.3) is 5.79 Å². The highest BCUT2D eigenvalue weighted by atomic mass is 16.8. The Balaban J connectivity index is 1.87. The molecule has 1 N–H and O–H groups in total. The minimum atomic E-state index is -1.65. The van der Waals surface area contributed by atoms with Gasteiger partial charge in [0, 0.05) is 20.0 Å². The van der Waals surface area contributed by atoms with E-state index < -0.39 is 23.6 Å². The van der Waals surface area contributed by atoms with Crippen molar-refractivity contribution in [1.82, 2.24) is 4.90 Å². The van der Waals surface area contributed by atoms with Crippen molar-refractivity contribution < 1.29 is 28.8 Å². The third-order valence-electron chi connectivity index (χ3n) is 4.97. The second-order valence-electron chi connectivity index (χ2n) is 6.45. The van der Waals surface area contributed by atoms with Crippen LogP contribution in [0.1, 0.15) is 27.2 Å². The molecule has 0 aromatic heterocycles. The number of hydrogen-bond donors (Lipinski definition) is 1. The zero-order valence-electron chi connectivity index (χ0n) is 14.9. The van der Waals surface area contributed by atoms with Gasteiger partial charge in [0.05, 0.1) is 13.2 Å². The number of fused-ring (bicyclic) bond motifs is 1. The van der Waals surface area contributed by atoms with Gasteiger partial charge in [0.1, 0.15) is 6.23 Å². The summed E-state index contributed by atoms with van der Waals surface area (Å²) in [6.07, 6.45) is -0.214. The third kappa shape index (κ3) is 3.07. The van der Waals surface area contributed by atoms with Crippen molar-refractivity contribution in [2.24, 2.45) is 0 Å². The summed E-state index contributed by atoms with van der Waals surface area (Å²) in [6.45, 7) is 7.84. The summed E-state index contributed by atoms with van der Waals surface area (Å²) in [5, 5.41) is 10.0. The molecule has 2 aliphatic rings. The molecule has 7 nitrogen and oxygen atoms in total. The highest BCUT2D eigenvalue weighted by Gasteiger charge is 2.62. The summed E-state index contributed by atoms with van der Waals surface area (Å²) in [5.74, 6) is -1.53. The third-order valence-corrected chi connectivity index (χ3v) is 4.97. The van der Waals surface area contributed by atoms with Crippen LogP contribution < -0.4 is 9.47 Å². The summed E-state index contributed by atoms with van der Waals surface area (Å²) in [6, 6.07) is 7.15. The van der Waals surface area contributed by atoms with E-state index in [-0.39, 0.29) is 6.42 Å². The standard InChI is InChI=1S/C18H25NO6/c1-4-18(16(20)21,23-13(2)19-9-11-22-12-10-19)17(3)24-14-7-5-6-8-15(14)25-17/h5-8,13H,4,9-12H2,1-3H3,(H,20,21). The molecule has 1 aromatic rings. The van der Waals surface area contributed by atoms with Gasteiger partial charge in [-0.05, 0) is 25.5 Å². The molecule has 138 valence electrons. The summed E-state index contributed by atoms with van der Waals surface area (Å²) >= 11 is 0. The molecule has 2 atom stereocenters. The topological polar surface area (TPSA) is 77.5 Å². The van der Waals surface area contributed by atoms with Crippen LogP contribution in [0.3, 0.4) is 0 Å². The summed E-state index contributed by atoms with van der Waals surface area (Å²) in [4.78, 5) is 14.3. The number of para-hydroxylation sites is 2. The molecule has 0 radical (unpaired) electrons. The van der Waals surface area contributed by atoms with E-state index in [4.69, 9.17) is 18.9 Å². The second kappa shape index (κ2) is 6.82. The van der Waals surface area contributed by atoms with Crippen LogP contribution in [0.4, 0.5) is 0 Å². The molecular weight excluding hydrogens is 326 g/mol. The van der Waals surface area contributed by atoms with E-state index in [9.17, 15) is 9.90 Å². The largest absolute Gasteiger partial charge is 0.479 e. The highest BCUT2D eigenvalue weighted by Crippen LogP contribution is 2.46. The van der Waals surface area contributed by atoms with Crippen LogP contribution in [0, 0.1) is 0 Å². The number of carbonyl (C=O) groups is 1. The van der Waals surface area contributed by atoms with E-state index >= 15 is 0 Å². The van der Waals surface area contributed by atoms with Gasteiger partial charge in [-0.25, -0.2) is 4.79 Å². The first-order chi connectivity index (χ1) is 11.9. The van der Waals surface area contributed by atoms with E-state index in [1.54, 1.807) is 26.0 Å². The molecule has 0 amide bonds. The summed E-state index contributed by atoms with van der Waals surface area (Å²) < 4.78 is 23.3. The fraction of sp³-hybridized carbons (Fsp3) is 0.611. The van der Waals surface area contributed by atoms with Crippen molar-refractivity contribution in [2.75, 3.05) is 26.3 Å². The average molecular weight is 351 g/mol. The van der Waals surface area contributed by atoms with E-state index in [1.165, 1.54) is 0 Å². The average Bonchev–Trinajstić information content (AvgIpc) is 2.97. The van der Waals surface area contributed by atoms with Crippen molar-refractivity contribution in [2.45, 2.75) is 44.8 Å². The van der Waals surface area contributed by atoms with Gasteiger partial charge in [0.2, 0.25) is 5.60 Å². The minimum Gasteiger partial charge on any atom is -0.479 e. The summed E-state index contributed by atoms with van der Waals surface area (Å²) in [7, 11) is 0. The van der Waals surface area contributed by atoms with E-state index in [0.717, 1.165) is 0 Å². The fourth-order valence-corrected chi connectivity index (χ4v) is 3.44. The van der Waals surface area contributed by atoms with E-state index in [2.05, 4.69) is 4.90 Å². The second-order valence-corrected chi connectivity index (χ2v) is 6.45. The van der Waals surface area contributed by atoms with Crippen molar-refractivity contribution in [3.8, 4) is 11.5 Å². The maximum absolute atomic E-state index is 12.3. The summed E-state index contributed by atoms with van der Waals surface area (Å²) in [5.41, 5.74) is -1.65. The first-order valence-electron chi connectivity index (χ1n) is 8.62. The van der Waals surface area contributed by atoms with E-state index in [1.807, 2.05) is 19.1 Å². The number of aliphatic carboxylic acids is 1. The van der Waals surface area contributed by atoms with Crippen molar-refractivity contribution in [3.63, 3.8) is 0 Å². The molecule has 1 aromatic carbocycles. The smallest absolute Gasteiger partial charge is 0.344 e. The lowest BCUT2D eigenvalue weighted by atomic mass is 9.90. The molecule has 0 aliphatic carbocycles. The molecule has 2 aliphatic heterocycles. The predicted molar refractivity (Wildman–Crippen MR) is 89.7 cm³/mol. The Hall–Kier alpha value is -1.83. The van der Waals surface area contributed by atoms with Crippen LogP contribution in [-0.2, 0) is 14.3 Å². The molecule has 2 unspecified atom stereocenters. The van der Waals surface area contributed by atoms with Crippen LogP contribution in [0.5, 0.6) is 11.5 Å². The molecule has 2 heterocycles. The Morgan fingerprint density at radius 1 is 1.32 bits per heavy atom. The number of benzene rings is 1. The normalized spacial score (nSPS) is 23.0. The molecule has 25 heavy (non-hydrogen) atoms. The van der Waals surface area contributed by atoms with Crippen molar-refractivity contribution in [1.29, 1.82) is 0 Å². The van der Waals surface area contributed by atoms with Gasteiger partial charge in [0.15, 0.2) is 11.5 Å². The van der Waals surface area contributed by atoms with Crippen LogP contribution in [0.25, 0.3) is 0 Å². The lowest BCUT2D eigenvalue weighted by Crippen LogP contribution is -2.66. The Morgan fingerprint density at radius 2 is 1.88 bits per heavy atom. The van der Waals surface area contributed by atoms with Gasteiger partial charge in [-0.15, -0.1) is 0 Å². The van der Waals surface area contributed by atoms with E-state index in [0.29, 0.717) is 37.8 Å². The molecule has 0 spiro atoms. The van der Waals surface area contributed by atoms with Crippen LogP contribution in [0.2, 0.25) is 0 Å². The SMILES string of the molecule is CCC(OC(C)N1CCOCC1)(C(=O)O)C1(C)Oc2ccccc2O1. The Bertz CT molecular complexity index is 605. The van der Waals surface area contributed by atoms with Gasteiger partial charge in [-0.3, -0.25) is 4.90 Å². The zero-order valence-corrected chi connectivity index (χ0v) is 14.9. The quantitative estimate of drug-likeness (QED) is 0.841. The Morgan fingerprint density at radius 3 is 2.36 bits per heavy atom. The molecule has 1 fully saturated rings. The van der Waals surface area contributed by atoms with Gasteiger partial charge in [-0.2, -0.15) is 0 Å². The number of morpholine rings is 1. The minimum absolute atomic E-state index is 0.196. The van der Waals surface area contributed by atoms with Crippen molar-refractivity contribution >= 4 is 5.97 Å². The first-order valence-corrected chi connectivity index (χ1v) is 8.62. The monoisotopic (exact) mass is 351 g/mol. The number of hydrogen-bond acceptors (Lipinski definition) is 6. The molecule has 7 heteroatoms. The van der Waals surface area contributed by atoms with Gasteiger partial charge in [-0.1, -0.05) is 19.1 Å². The van der Waals surface area contributed by atoms with Crippen LogP contribution in [0.15, 0.2) is 24.3 Å². The van der Waals surface area contributed by atoms with Crippen LogP contribution in [-0.4, -0.2) is 59.9 Å². The van der Waals surface area contributed by atoms with Crippen molar-refractivity contribution in [3.05, 3.63) is 24.3 Å². The number of carboxylic acid groups (broad SMARTS) is 1. The Labute approximate surface area is 147 Å². The maximum atomic E-state index is 12.3. The molecule has 3 rings (SSSR count). The zero-order chi connectivity index (χ0) is 18.1. The van der Waals surface area contributed by atoms with Crippen LogP contribution >= 0.6 is 0 Å². The van der Waals surface area contributed by atoms with Gasteiger partial charge >= 0.3 is 5.97 Å². The lowest BCUT2D eigenvalue weighted by Gasteiger charge is -2.44. The van der Waals surface area contributed by atoms with Gasteiger partial charge < -0.3 is 24.1 Å². The Kier molecular flexibility index (Phi) is 4.90. The molecular formula is C18H25NO6. The molecule has 0 saturated carbocycles. The maximum Gasteiger partial charge on any atom is 0.344 e. The fourth-order valence-electron chi connectivity index (χ4n) is 3.44. The number of nitrogens with zero attached hydrogens (tertiary/aromatic N) is 1. The lowest BCUT2D eigenvalue weighted by molar-refractivity contribution is -0.270. The molecule has 0 bridgehead atoms. The molecule has 1 saturated heterocycles. The highest BCUT2D eigenvalue weighted by molar-refractivity contribution is 5.79. The predicted octanol–water partition coefficient (Wildman–Crippen LogP) is 2.10. The first kappa shape index (κ1) is 18.0. The number of carboxylic acids is 1. The number of rotatable bonds is 6. The number of ether oxygens (including phenoxy) is 4.